The van der Waals surface area contributed by atoms with E-state index in [-0.39, 0.29) is 0 Å². The first kappa shape index (κ1) is 13.9. The molecule has 0 aromatic heterocycles. The van der Waals surface area contributed by atoms with Crippen molar-refractivity contribution < 1.29 is 9.90 Å². The molecule has 1 heterocycles. The number of carbonyl (C=O) groups is 1. The van der Waals surface area contributed by atoms with Crippen molar-refractivity contribution in [3.63, 3.8) is 0 Å². The largest absolute Gasteiger partial charge is 0.481 e. The third kappa shape index (κ3) is 2.71. The van der Waals surface area contributed by atoms with Crippen LogP contribution in [-0.4, -0.2) is 35.6 Å². The molecule has 1 aliphatic carbocycles. The van der Waals surface area contributed by atoms with Crippen molar-refractivity contribution in [3.8, 4) is 0 Å². The zero-order valence-electron chi connectivity index (χ0n) is 11.9. The predicted molar refractivity (Wildman–Crippen MR) is 72.6 cm³/mol. The maximum Gasteiger partial charge on any atom is 0.310 e. The summed E-state index contributed by atoms with van der Waals surface area (Å²) < 4.78 is 0. The molecule has 2 fully saturated rings. The SMILES string of the molecule is CCC1(C)CCN(CC2(C(=O)O)CCCC2)CC1. The van der Waals surface area contributed by atoms with Crippen LogP contribution in [0.1, 0.15) is 58.8 Å². The zero-order valence-corrected chi connectivity index (χ0v) is 11.9. The third-order valence-electron chi connectivity index (χ3n) is 5.46. The summed E-state index contributed by atoms with van der Waals surface area (Å²) >= 11 is 0. The standard InChI is InChI=1S/C15H27NO2/c1-3-14(2)8-10-16(11-9-14)12-15(13(17)18)6-4-5-7-15/h3-12H2,1-2H3,(H,17,18). The van der Waals surface area contributed by atoms with Crippen molar-refractivity contribution in [2.24, 2.45) is 10.8 Å². The Balaban J connectivity index is 1.92. The van der Waals surface area contributed by atoms with Crippen LogP contribution in [0.15, 0.2) is 0 Å². The fraction of sp³-hybridized carbons (Fsp3) is 0.933. The van der Waals surface area contributed by atoms with Gasteiger partial charge < -0.3 is 10.0 Å². The lowest BCUT2D eigenvalue weighted by atomic mass is 9.77. The molecule has 1 N–H and O–H groups in total. The molecule has 0 spiro atoms. The summed E-state index contributed by atoms with van der Waals surface area (Å²) in [5, 5.41) is 9.52. The van der Waals surface area contributed by atoms with Gasteiger partial charge in [0.15, 0.2) is 0 Å². The normalized spacial score (nSPS) is 27.2. The lowest BCUT2D eigenvalue weighted by Gasteiger charge is -2.41. The Hall–Kier alpha value is -0.570. The van der Waals surface area contributed by atoms with Gasteiger partial charge in [-0.25, -0.2) is 0 Å². The van der Waals surface area contributed by atoms with Gasteiger partial charge in [-0.15, -0.1) is 0 Å². The lowest BCUT2D eigenvalue weighted by Crippen LogP contribution is -2.46. The molecule has 2 aliphatic rings. The highest BCUT2D eigenvalue weighted by Gasteiger charge is 2.43. The van der Waals surface area contributed by atoms with E-state index in [2.05, 4.69) is 18.7 Å². The number of piperidine rings is 1. The molecule has 3 nitrogen and oxygen atoms in total. The van der Waals surface area contributed by atoms with Gasteiger partial charge in [0.05, 0.1) is 5.41 Å². The van der Waals surface area contributed by atoms with Crippen LogP contribution in [0.5, 0.6) is 0 Å². The van der Waals surface area contributed by atoms with E-state index in [0.29, 0.717) is 5.41 Å². The zero-order chi connectivity index (χ0) is 13.2. The minimum Gasteiger partial charge on any atom is -0.481 e. The third-order valence-corrected chi connectivity index (χ3v) is 5.46. The Morgan fingerprint density at radius 3 is 2.17 bits per heavy atom. The number of nitrogens with zero attached hydrogens (tertiary/aromatic N) is 1. The molecule has 1 saturated carbocycles. The Bertz CT molecular complexity index is 300. The first-order chi connectivity index (χ1) is 8.50. The van der Waals surface area contributed by atoms with Gasteiger partial charge >= 0.3 is 5.97 Å². The van der Waals surface area contributed by atoms with Crippen LogP contribution in [0.25, 0.3) is 0 Å². The molecular formula is C15H27NO2. The highest BCUT2D eigenvalue weighted by Crippen LogP contribution is 2.41. The average molecular weight is 253 g/mol. The fourth-order valence-corrected chi connectivity index (χ4v) is 3.52. The molecular weight excluding hydrogens is 226 g/mol. The molecule has 1 saturated heterocycles. The highest BCUT2D eigenvalue weighted by molar-refractivity contribution is 5.75. The summed E-state index contributed by atoms with van der Waals surface area (Å²) in [5.41, 5.74) is 0.0581. The monoisotopic (exact) mass is 253 g/mol. The molecule has 0 aromatic rings. The van der Waals surface area contributed by atoms with E-state index >= 15 is 0 Å². The van der Waals surface area contributed by atoms with Crippen LogP contribution in [0, 0.1) is 10.8 Å². The number of carboxylic acid groups (broad SMARTS) is 1. The van der Waals surface area contributed by atoms with E-state index in [4.69, 9.17) is 0 Å². The van der Waals surface area contributed by atoms with Crippen molar-refractivity contribution in [1.82, 2.24) is 4.90 Å². The quantitative estimate of drug-likeness (QED) is 0.836. The summed E-state index contributed by atoms with van der Waals surface area (Å²) in [5.74, 6) is -0.566. The maximum absolute atomic E-state index is 11.6. The van der Waals surface area contributed by atoms with E-state index in [1.807, 2.05) is 0 Å². The second-order valence-electron chi connectivity index (χ2n) is 6.73. The van der Waals surface area contributed by atoms with Gasteiger partial charge in [-0.05, 0) is 44.2 Å². The van der Waals surface area contributed by atoms with Crippen LogP contribution in [0.3, 0.4) is 0 Å². The Morgan fingerprint density at radius 2 is 1.72 bits per heavy atom. The van der Waals surface area contributed by atoms with Crippen molar-refractivity contribution >= 4 is 5.97 Å². The molecule has 0 atom stereocenters. The predicted octanol–water partition coefficient (Wildman–Crippen LogP) is 3.14. The van der Waals surface area contributed by atoms with Crippen molar-refractivity contribution in [3.05, 3.63) is 0 Å². The summed E-state index contributed by atoms with van der Waals surface area (Å²) in [6, 6.07) is 0. The number of hydrogen-bond donors (Lipinski definition) is 1. The summed E-state index contributed by atoms with van der Waals surface area (Å²) in [6.07, 6.45) is 7.62. The summed E-state index contributed by atoms with van der Waals surface area (Å²) in [4.78, 5) is 14.0. The van der Waals surface area contributed by atoms with Gasteiger partial charge in [0.25, 0.3) is 0 Å². The van der Waals surface area contributed by atoms with Gasteiger partial charge in [-0.3, -0.25) is 4.79 Å². The first-order valence-electron chi connectivity index (χ1n) is 7.45. The van der Waals surface area contributed by atoms with E-state index in [1.165, 1.54) is 19.3 Å². The van der Waals surface area contributed by atoms with Crippen molar-refractivity contribution in [2.75, 3.05) is 19.6 Å². The van der Waals surface area contributed by atoms with Crippen LogP contribution in [-0.2, 0) is 4.79 Å². The minimum absolute atomic E-state index is 0.431. The van der Waals surface area contributed by atoms with Crippen LogP contribution in [0.2, 0.25) is 0 Å². The number of rotatable bonds is 4. The van der Waals surface area contributed by atoms with E-state index < -0.39 is 11.4 Å². The molecule has 2 rings (SSSR count). The fourth-order valence-electron chi connectivity index (χ4n) is 3.52. The van der Waals surface area contributed by atoms with Gasteiger partial charge in [-0.1, -0.05) is 33.1 Å². The second kappa shape index (κ2) is 5.20. The topological polar surface area (TPSA) is 40.5 Å². The average Bonchev–Trinajstić information content (AvgIpc) is 2.82. The minimum atomic E-state index is -0.566. The number of aliphatic carboxylic acids is 1. The molecule has 104 valence electrons. The Kier molecular flexibility index (Phi) is 4.00. The smallest absolute Gasteiger partial charge is 0.310 e. The first-order valence-corrected chi connectivity index (χ1v) is 7.45. The molecule has 1 aliphatic heterocycles. The summed E-state index contributed by atoms with van der Waals surface area (Å²) in [7, 11) is 0. The highest BCUT2D eigenvalue weighted by atomic mass is 16.4. The Labute approximate surface area is 111 Å². The van der Waals surface area contributed by atoms with Gasteiger partial charge in [0.2, 0.25) is 0 Å². The van der Waals surface area contributed by atoms with Crippen molar-refractivity contribution in [2.45, 2.75) is 58.8 Å². The van der Waals surface area contributed by atoms with E-state index in [0.717, 1.165) is 45.3 Å². The Morgan fingerprint density at radius 1 is 1.17 bits per heavy atom. The maximum atomic E-state index is 11.6. The van der Waals surface area contributed by atoms with Crippen LogP contribution in [0.4, 0.5) is 0 Å². The number of hydrogen-bond acceptors (Lipinski definition) is 2. The van der Waals surface area contributed by atoms with Crippen LogP contribution >= 0.6 is 0 Å². The van der Waals surface area contributed by atoms with Gasteiger partial charge in [-0.2, -0.15) is 0 Å². The van der Waals surface area contributed by atoms with Crippen molar-refractivity contribution in [1.29, 1.82) is 0 Å². The molecule has 0 aromatic carbocycles. The molecule has 0 amide bonds. The van der Waals surface area contributed by atoms with E-state index in [1.54, 1.807) is 0 Å². The molecule has 0 bridgehead atoms. The van der Waals surface area contributed by atoms with Crippen LogP contribution < -0.4 is 0 Å². The number of likely N-dealkylation sites (tertiary alicyclic amines) is 1. The molecule has 0 unspecified atom stereocenters. The lowest BCUT2D eigenvalue weighted by molar-refractivity contribution is -0.150. The van der Waals surface area contributed by atoms with Gasteiger partial charge in [0, 0.05) is 6.54 Å². The molecule has 18 heavy (non-hydrogen) atoms. The molecule has 3 heteroatoms. The summed E-state index contributed by atoms with van der Waals surface area (Å²) in [6.45, 7) is 7.58. The second-order valence-corrected chi connectivity index (χ2v) is 6.73. The van der Waals surface area contributed by atoms with Gasteiger partial charge in [0.1, 0.15) is 0 Å². The molecule has 0 radical (unpaired) electrons. The van der Waals surface area contributed by atoms with E-state index in [9.17, 15) is 9.90 Å². The number of carboxylic acids is 1.